The van der Waals surface area contributed by atoms with Crippen molar-refractivity contribution in [3.63, 3.8) is 0 Å². The Labute approximate surface area is 167 Å². The Kier molecular flexibility index (Phi) is 9.35. The van der Waals surface area contributed by atoms with Crippen molar-refractivity contribution >= 4 is 28.2 Å². The summed E-state index contributed by atoms with van der Waals surface area (Å²) >= 11 is 0. The number of sulfone groups is 1. The van der Waals surface area contributed by atoms with Crippen molar-refractivity contribution in [2.75, 3.05) is 19.1 Å². The minimum absolute atomic E-state index is 0. The molecule has 0 aliphatic heterocycles. The molecule has 1 aromatic rings. The fraction of sp³-hybridized carbons (Fsp3) is 0.611. The molecule has 0 spiro atoms. The van der Waals surface area contributed by atoms with Crippen LogP contribution in [0.4, 0.5) is 0 Å². The van der Waals surface area contributed by atoms with E-state index >= 15 is 0 Å². The van der Waals surface area contributed by atoms with Gasteiger partial charge in [0.05, 0.1) is 25.0 Å². The summed E-state index contributed by atoms with van der Waals surface area (Å²) in [6, 6.07) is 4.67. The molecule has 0 heterocycles. The van der Waals surface area contributed by atoms with Crippen LogP contribution in [0.1, 0.15) is 37.7 Å². The largest absolute Gasteiger partial charge is 0.493 e. The molecule has 1 saturated carbocycles. The lowest BCUT2D eigenvalue weighted by Crippen LogP contribution is -2.41. The number of para-hydroxylation sites is 1. The van der Waals surface area contributed by atoms with Gasteiger partial charge in [-0.05, 0) is 38.2 Å². The average molecular weight is 421 g/mol. The van der Waals surface area contributed by atoms with Gasteiger partial charge in [0.2, 0.25) is 5.91 Å². The SMILES string of the molecule is COc1cccc(CNC(=O)C(N)CCS(C)(=O)=O)c1OC1CCCC1.Cl. The summed E-state index contributed by atoms with van der Waals surface area (Å²) in [5.41, 5.74) is 6.59. The highest BCUT2D eigenvalue weighted by molar-refractivity contribution is 7.90. The zero-order chi connectivity index (χ0) is 19.2. The van der Waals surface area contributed by atoms with E-state index in [4.69, 9.17) is 15.2 Å². The van der Waals surface area contributed by atoms with E-state index in [-0.39, 0.29) is 43.1 Å². The summed E-state index contributed by atoms with van der Waals surface area (Å²) in [4.78, 5) is 12.1. The number of benzene rings is 1. The Bertz CT molecular complexity index is 720. The van der Waals surface area contributed by atoms with Gasteiger partial charge < -0.3 is 20.5 Å². The molecule has 9 heteroatoms. The van der Waals surface area contributed by atoms with Crippen molar-refractivity contribution < 1.29 is 22.7 Å². The van der Waals surface area contributed by atoms with Crippen molar-refractivity contribution in [2.24, 2.45) is 5.73 Å². The molecule has 1 unspecified atom stereocenters. The molecule has 0 bridgehead atoms. The normalized spacial score (nSPS) is 15.7. The summed E-state index contributed by atoms with van der Waals surface area (Å²) in [5, 5.41) is 2.76. The first-order chi connectivity index (χ1) is 12.3. The van der Waals surface area contributed by atoms with Crippen LogP contribution in [0.15, 0.2) is 18.2 Å². The maximum Gasteiger partial charge on any atom is 0.237 e. The number of ether oxygens (including phenoxy) is 2. The number of rotatable bonds is 9. The van der Waals surface area contributed by atoms with Crippen LogP contribution in [0.25, 0.3) is 0 Å². The number of carbonyl (C=O) groups excluding carboxylic acids is 1. The van der Waals surface area contributed by atoms with Crippen molar-refractivity contribution in [1.29, 1.82) is 0 Å². The molecule has 1 fully saturated rings. The quantitative estimate of drug-likeness (QED) is 0.630. The first-order valence-electron chi connectivity index (χ1n) is 8.83. The molecule has 1 atom stereocenters. The maximum atomic E-state index is 12.1. The zero-order valence-electron chi connectivity index (χ0n) is 15.8. The number of nitrogens with one attached hydrogen (secondary N) is 1. The maximum absolute atomic E-state index is 12.1. The van der Waals surface area contributed by atoms with Gasteiger partial charge in [0.15, 0.2) is 11.5 Å². The molecule has 2 rings (SSSR count). The van der Waals surface area contributed by atoms with Gasteiger partial charge in [0.25, 0.3) is 0 Å². The van der Waals surface area contributed by atoms with Gasteiger partial charge in [0, 0.05) is 18.4 Å². The number of carbonyl (C=O) groups is 1. The van der Waals surface area contributed by atoms with Gasteiger partial charge in [-0.3, -0.25) is 4.79 Å². The average Bonchev–Trinajstić information content (AvgIpc) is 3.10. The predicted octanol–water partition coefficient (Wildman–Crippen LogP) is 1.82. The van der Waals surface area contributed by atoms with E-state index in [0.717, 1.165) is 37.5 Å². The summed E-state index contributed by atoms with van der Waals surface area (Å²) in [7, 11) is -1.56. The van der Waals surface area contributed by atoms with E-state index in [2.05, 4.69) is 5.32 Å². The summed E-state index contributed by atoms with van der Waals surface area (Å²) < 4.78 is 33.9. The topological polar surface area (TPSA) is 108 Å². The van der Waals surface area contributed by atoms with Gasteiger partial charge in [0.1, 0.15) is 9.84 Å². The first-order valence-corrected chi connectivity index (χ1v) is 10.9. The number of nitrogens with two attached hydrogens (primary N) is 1. The molecule has 3 N–H and O–H groups in total. The second kappa shape index (κ2) is 10.7. The molecule has 1 aromatic carbocycles. The number of hydrogen-bond donors (Lipinski definition) is 2. The highest BCUT2D eigenvalue weighted by Gasteiger charge is 2.21. The van der Waals surface area contributed by atoms with Gasteiger partial charge >= 0.3 is 0 Å². The summed E-state index contributed by atoms with van der Waals surface area (Å²) in [6.45, 7) is 0.241. The van der Waals surface area contributed by atoms with Crippen molar-refractivity contribution in [1.82, 2.24) is 5.32 Å². The van der Waals surface area contributed by atoms with E-state index < -0.39 is 15.9 Å². The predicted molar refractivity (Wildman–Crippen MR) is 107 cm³/mol. The molecular formula is C18H29ClN2O5S. The monoisotopic (exact) mass is 420 g/mol. The minimum atomic E-state index is -3.15. The Balaban J connectivity index is 0.00000364. The molecule has 154 valence electrons. The molecule has 1 amide bonds. The van der Waals surface area contributed by atoms with Crippen molar-refractivity contribution in [3.8, 4) is 11.5 Å². The van der Waals surface area contributed by atoms with Crippen LogP contribution in [0.3, 0.4) is 0 Å². The van der Waals surface area contributed by atoms with Crippen LogP contribution in [-0.4, -0.2) is 45.6 Å². The molecule has 0 aromatic heterocycles. The highest BCUT2D eigenvalue weighted by atomic mass is 35.5. The smallest absolute Gasteiger partial charge is 0.237 e. The second-order valence-electron chi connectivity index (χ2n) is 6.72. The molecule has 0 radical (unpaired) electrons. The van der Waals surface area contributed by atoms with E-state index in [9.17, 15) is 13.2 Å². The summed E-state index contributed by atoms with van der Waals surface area (Å²) in [6.07, 6.45) is 5.72. The van der Waals surface area contributed by atoms with E-state index in [0.29, 0.717) is 11.5 Å². The second-order valence-corrected chi connectivity index (χ2v) is 8.98. The highest BCUT2D eigenvalue weighted by Crippen LogP contribution is 2.34. The Hall–Kier alpha value is -1.51. The Morgan fingerprint density at radius 3 is 2.59 bits per heavy atom. The molecule has 27 heavy (non-hydrogen) atoms. The molecule has 0 saturated heterocycles. The third kappa shape index (κ3) is 7.56. The lowest BCUT2D eigenvalue weighted by atomic mass is 10.1. The number of halogens is 1. The third-order valence-corrected chi connectivity index (χ3v) is 5.43. The fourth-order valence-corrected chi connectivity index (χ4v) is 3.64. The minimum Gasteiger partial charge on any atom is -0.493 e. The molecular weight excluding hydrogens is 392 g/mol. The van der Waals surface area contributed by atoms with Crippen LogP contribution < -0.4 is 20.5 Å². The molecule has 7 nitrogen and oxygen atoms in total. The lowest BCUT2D eigenvalue weighted by molar-refractivity contribution is -0.122. The Morgan fingerprint density at radius 1 is 1.33 bits per heavy atom. The van der Waals surface area contributed by atoms with Gasteiger partial charge in [-0.1, -0.05) is 12.1 Å². The number of methoxy groups -OCH3 is 1. The Morgan fingerprint density at radius 2 is 2.00 bits per heavy atom. The third-order valence-electron chi connectivity index (χ3n) is 4.46. The van der Waals surface area contributed by atoms with Crippen molar-refractivity contribution in [2.45, 2.75) is 50.8 Å². The van der Waals surface area contributed by atoms with Crippen LogP contribution in [-0.2, 0) is 21.2 Å². The van der Waals surface area contributed by atoms with Gasteiger partial charge in [-0.15, -0.1) is 12.4 Å². The zero-order valence-corrected chi connectivity index (χ0v) is 17.4. The summed E-state index contributed by atoms with van der Waals surface area (Å²) in [5.74, 6) is 0.775. The van der Waals surface area contributed by atoms with Crippen LogP contribution in [0.2, 0.25) is 0 Å². The molecule has 1 aliphatic rings. The van der Waals surface area contributed by atoms with E-state index in [1.807, 2.05) is 18.2 Å². The van der Waals surface area contributed by atoms with Crippen LogP contribution >= 0.6 is 12.4 Å². The standard InChI is InChI=1S/C18H28N2O5S.ClH/c1-24-16-9-5-6-13(17(16)25-14-7-3-4-8-14)12-20-18(21)15(19)10-11-26(2,22)23;/h5-6,9,14-15H,3-4,7-8,10-12,19H2,1-2H3,(H,20,21);1H. The van der Waals surface area contributed by atoms with Crippen LogP contribution in [0, 0.1) is 0 Å². The van der Waals surface area contributed by atoms with E-state index in [1.165, 1.54) is 0 Å². The van der Waals surface area contributed by atoms with Crippen LogP contribution in [0.5, 0.6) is 11.5 Å². The molecule has 1 aliphatic carbocycles. The number of hydrogen-bond acceptors (Lipinski definition) is 6. The lowest BCUT2D eigenvalue weighted by Gasteiger charge is -2.20. The van der Waals surface area contributed by atoms with Crippen molar-refractivity contribution in [3.05, 3.63) is 23.8 Å². The first kappa shape index (κ1) is 23.5. The van der Waals surface area contributed by atoms with Gasteiger partial charge in [-0.25, -0.2) is 8.42 Å². The van der Waals surface area contributed by atoms with E-state index in [1.54, 1.807) is 7.11 Å². The number of amides is 1. The van der Waals surface area contributed by atoms with Gasteiger partial charge in [-0.2, -0.15) is 0 Å². The fourth-order valence-electron chi connectivity index (χ4n) is 2.95.